The Morgan fingerprint density at radius 1 is 1.22 bits per heavy atom. The molecule has 4 aromatic rings. The van der Waals surface area contributed by atoms with E-state index in [9.17, 15) is 4.79 Å². The molecule has 7 heteroatoms. The van der Waals surface area contributed by atoms with Crippen molar-refractivity contribution in [2.75, 3.05) is 0 Å². The van der Waals surface area contributed by atoms with Gasteiger partial charge in [-0.2, -0.15) is 11.3 Å². The number of thiazole rings is 1. The lowest BCUT2D eigenvalue weighted by Gasteiger charge is -2.19. The van der Waals surface area contributed by atoms with E-state index in [4.69, 9.17) is 0 Å². The summed E-state index contributed by atoms with van der Waals surface area (Å²) < 4.78 is 1.93. The number of imidazole rings is 1. The SMILES string of the molecule is Cn1ccnc1C(NC(=O)Cc1csc(-c2ccsc2)n1)c1ccccc1. The van der Waals surface area contributed by atoms with Crippen LogP contribution in [0.4, 0.5) is 0 Å². The number of hydrogen-bond acceptors (Lipinski definition) is 5. The van der Waals surface area contributed by atoms with Crippen molar-refractivity contribution < 1.29 is 4.79 Å². The number of carbonyl (C=O) groups is 1. The molecule has 0 aliphatic rings. The molecular formula is C20H18N4OS2. The van der Waals surface area contributed by atoms with E-state index in [1.54, 1.807) is 28.9 Å². The van der Waals surface area contributed by atoms with E-state index in [1.807, 2.05) is 65.0 Å². The summed E-state index contributed by atoms with van der Waals surface area (Å²) in [7, 11) is 1.93. The van der Waals surface area contributed by atoms with E-state index in [2.05, 4.69) is 20.7 Å². The van der Waals surface area contributed by atoms with Gasteiger partial charge in [0.15, 0.2) is 0 Å². The van der Waals surface area contributed by atoms with E-state index in [-0.39, 0.29) is 18.4 Å². The number of aryl methyl sites for hydroxylation is 1. The molecule has 0 aliphatic heterocycles. The van der Waals surface area contributed by atoms with Crippen molar-refractivity contribution in [1.82, 2.24) is 19.9 Å². The first-order chi connectivity index (χ1) is 13.2. The van der Waals surface area contributed by atoms with Gasteiger partial charge in [-0.05, 0) is 17.0 Å². The molecule has 0 fully saturated rings. The van der Waals surface area contributed by atoms with Gasteiger partial charge in [0, 0.05) is 35.8 Å². The second-order valence-electron chi connectivity index (χ2n) is 6.14. The van der Waals surface area contributed by atoms with Crippen LogP contribution in [-0.2, 0) is 18.3 Å². The van der Waals surface area contributed by atoms with Crippen molar-refractivity contribution >= 4 is 28.6 Å². The molecule has 1 atom stereocenters. The maximum Gasteiger partial charge on any atom is 0.226 e. The molecule has 5 nitrogen and oxygen atoms in total. The summed E-state index contributed by atoms with van der Waals surface area (Å²) in [6, 6.07) is 11.6. The van der Waals surface area contributed by atoms with Crippen LogP contribution in [0.5, 0.6) is 0 Å². The lowest BCUT2D eigenvalue weighted by Crippen LogP contribution is -2.32. The van der Waals surface area contributed by atoms with Crippen LogP contribution in [-0.4, -0.2) is 20.4 Å². The van der Waals surface area contributed by atoms with Crippen LogP contribution in [0.25, 0.3) is 10.6 Å². The Morgan fingerprint density at radius 3 is 2.78 bits per heavy atom. The molecule has 0 bridgehead atoms. The topological polar surface area (TPSA) is 59.8 Å². The molecule has 0 aliphatic carbocycles. The van der Waals surface area contributed by atoms with Crippen molar-refractivity contribution in [3.8, 4) is 10.6 Å². The van der Waals surface area contributed by atoms with Gasteiger partial charge in [0.25, 0.3) is 0 Å². The first kappa shape index (κ1) is 17.6. The van der Waals surface area contributed by atoms with Gasteiger partial charge in [0.05, 0.1) is 12.1 Å². The summed E-state index contributed by atoms with van der Waals surface area (Å²) in [6.45, 7) is 0. The highest BCUT2D eigenvalue weighted by Gasteiger charge is 2.21. The Morgan fingerprint density at radius 2 is 2.07 bits per heavy atom. The zero-order valence-corrected chi connectivity index (χ0v) is 16.3. The van der Waals surface area contributed by atoms with Gasteiger partial charge in [-0.25, -0.2) is 9.97 Å². The zero-order valence-electron chi connectivity index (χ0n) is 14.7. The van der Waals surface area contributed by atoms with Crippen molar-refractivity contribution in [3.63, 3.8) is 0 Å². The summed E-state index contributed by atoms with van der Waals surface area (Å²) >= 11 is 3.21. The lowest BCUT2D eigenvalue weighted by atomic mass is 10.1. The zero-order chi connectivity index (χ0) is 18.6. The van der Waals surface area contributed by atoms with Crippen molar-refractivity contribution in [1.29, 1.82) is 0 Å². The van der Waals surface area contributed by atoms with Crippen molar-refractivity contribution in [2.24, 2.45) is 7.05 Å². The van der Waals surface area contributed by atoms with Gasteiger partial charge < -0.3 is 9.88 Å². The predicted octanol–water partition coefficient (Wildman–Crippen LogP) is 4.05. The summed E-state index contributed by atoms with van der Waals surface area (Å²) in [5, 5.41) is 10.1. The van der Waals surface area contributed by atoms with Gasteiger partial charge in [0.1, 0.15) is 16.9 Å². The molecule has 1 unspecified atom stereocenters. The molecule has 4 rings (SSSR count). The third-order valence-corrected chi connectivity index (χ3v) is 5.84. The Hall–Kier alpha value is -2.77. The molecule has 0 radical (unpaired) electrons. The maximum atomic E-state index is 12.7. The minimum absolute atomic E-state index is 0.0750. The number of rotatable bonds is 6. The fourth-order valence-electron chi connectivity index (χ4n) is 2.88. The third-order valence-electron chi connectivity index (χ3n) is 4.22. The van der Waals surface area contributed by atoms with E-state index >= 15 is 0 Å². The Labute approximate surface area is 165 Å². The second kappa shape index (κ2) is 7.85. The summed E-state index contributed by atoms with van der Waals surface area (Å²) in [4.78, 5) is 21.7. The van der Waals surface area contributed by atoms with Gasteiger partial charge in [-0.15, -0.1) is 11.3 Å². The summed E-state index contributed by atoms with van der Waals surface area (Å²) in [5.74, 6) is 0.723. The number of nitrogens with zero attached hydrogens (tertiary/aromatic N) is 3. The van der Waals surface area contributed by atoms with Crippen LogP contribution in [0, 0.1) is 0 Å². The number of thiophene rings is 1. The van der Waals surface area contributed by atoms with Gasteiger partial charge in [-0.3, -0.25) is 4.79 Å². The highest BCUT2D eigenvalue weighted by molar-refractivity contribution is 7.14. The van der Waals surface area contributed by atoms with Crippen LogP contribution in [0.3, 0.4) is 0 Å². The molecule has 0 saturated heterocycles. The standard InChI is InChI=1S/C20H18N4OS2/c1-24-9-8-21-19(24)18(14-5-3-2-4-6-14)23-17(25)11-16-13-27-20(22-16)15-7-10-26-12-15/h2-10,12-13,18H,11H2,1H3,(H,23,25). The number of carbonyl (C=O) groups excluding carboxylic acids is 1. The predicted molar refractivity (Wildman–Crippen MR) is 109 cm³/mol. The highest BCUT2D eigenvalue weighted by atomic mass is 32.1. The second-order valence-corrected chi connectivity index (χ2v) is 7.78. The normalized spacial score (nSPS) is 12.0. The molecule has 3 heterocycles. The molecule has 0 saturated carbocycles. The van der Waals surface area contributed by atoms with Crippen LogP contribution in [0.15, 0.2) is 64.9 Å². The first-order valence-corrected chi connectivity index (χ1v) is 10.3. The fourth-order valence-corrected chi connectivity index (χ4v) is 4.41. The molecule has 27 heavy (non-hydrogen) atoms. The summed E-state index contributed by atoms with van der Waals surface area (Å²) in [5.41, 5.74) is 2.88. The molecular weight excluding hydrogens is 376 g/mol. The van der Waals surface area contributed by atoms with E-state index in [0.29, 0.717) is 0 Å². The smallest absolute Gasteiger partial charge is 0.226 e. The molecule has 1 aromatic carbocycles. The third kappa shape index (κ3) is 3.99. The quantitative estimate of drug-likeness (QED) is 0.537. The monoisotopic (exact) mass is 394 g/mol. The average molecular weight is 395 g/mol. The number of hydrogen-bond donors (Lipinski definition) is 1. The number of benzene rings is 1. The molecule has 3 aromatic heterocycles. The molecule has 1 N–H and O–H groups in total. The van der Waals surface area contributed by atoms with Gasteiger partial charge in [-0.1, -0.05) is 30.3 Å². The molecule has 136 valence electrons. The first-order valence-electron chi connectivity index (χ1n) is 8.49. The van der Waals surface area contributed by atoms with Crippen molar-refractivity contribution in [2.45, 2.75) is 12.5 Å². The number of aromatic nitrogens is 3. The largest absolute Gasteiger partial charge is 0.342 e. The van der Waals surface area contributed by atoms with Crippen LogP contribution in [0.1, 0.15) is 23.1 Å². The van der Waals surface area contributed by atoms with E-state index in [0.717, 1.165) is 27.7 Å². The Kier molecular flexibility index (Phi) is 5.13. The van der Waals surface area contributed by atoms with Gasteiger partial charge >= 0.3 is 0 Å². The van der Waals surface area contributed by atoms with Crippen molar-refractivity contribution in [3.05, 3.63) is 82.0 Å². The van der Waals surface area contributed by atoms with Crippen LogP contribution >= 0.6 is 22.7 Å². The lowest BCUT2D eigenvalue weighted by molar-refractivity contribution is -0.121. The number of nitrogens with one attached hydrogen (secondary N) is 1. The van der Waals surface area contributed by atoms with Crippen LogP contribution < -0.4 is 5.32 Å². The highest BCUT2D eigenvalue weighted by Crippen LogP contribution is 2.26. The van der Waals surface area contributed by atoms with E-state index < -0.39 is 0 Å². The van der Waals surface area contributed by atoms with Gasteiger partial charge in [0.2, 0.25) is 5.91 Å². The fraction of sp³-hybridized carbons (Fsp3) is 0.150. The minimum Gasteiger partial charge on any atom is -0.342 e. The summed E-state index contributed by atoms with van der Waals surface area (Å²) in [6.07, 6.45) is 3.87. The molecule has 1 amide bonds. The number of amides is 1. The molecule has 0 spiro atoms. The maximum absolute atomic E-state index is 12.7. The Bertz CT molecular complexity index is 1020. The minimum atomic E-state index is -0.298. The van der Waals surface area contributed by atoms with Crippen LogP contribution in [0.2, 0.25) is 0 Å². The van der Waals surface area contributed by atoms with E-state index in [1.165, 1.54) is 0 Å². The Balaban J connectivity index is 1.52. The average Bonchev–Trinajstić information content (AvgIpc) is 3.42.